The van der Waals surface area contributed by atoms with E-state index in [1.165, 1.54) is 23.8 Å². The number of nitrogens with one attached hydrogen (secondary N) is 1. The van der Waals surface area contributed by atoms with Gasteiger partial charge in [-0.2, -0.15) is 11.8 Å². The fraction of sp³-hybridized carbons (Fsp3) is 0.571. The van der Waals surface area contributed by atoms with E-state index in [4.69, 9.17) is 19.3 Å². The van der Waals surface area contributed by atoms with Gasteiger partial charge >= 0.3 is 12.1 Å². The number of carbonyl (C=O) groups excluding carboxylic acids is 1. The van der Waals surface area contributed by atoms with E-state index in [1.54, 1.807) is 39.2 Å². The topological polar surface area (TPSA) is 135 Å². The lowest BCUT2D eigenvalue weighted by atomic mass is 10.0. The predicted molar refractivity (Wildman–Crippen MR) is 118 cm³/mol. The molecule has 0 aliphatic carbocycles. The third-order valence-corrected chi connectivity index (χ3v) is 6.49. The Morgan fingerprint density at radius 2 is 1.97 bits per heavy atom. The van der Waals surface area contributed by atoms with E-state index in [1.807, 2.05) is 0 Å². The van der Waals surface area contributed by atoms with Gasteiger partial charge in [-0.3, -0.25) is 14.9 Å². The minimum atomic E-state index is -1.47. The van der Waals surface area contributed by atoms with Crippen LogP contribution in [-0.4, -0.2) is 83.2 Å². The maximum Gasteiger partial charge on any atom is 0.507 e. The Morgan fingerprint density at radius 1 is 1.25 bits per heavy atom. The third kappa shape index (κ3) is 6.42. The summed E-state index contributed by atoms with van der Waals surface area (Å²) in [5.41, 5.74) is -0.525. The number of ether oxygens (including phenoxy) is 3. The number of hydrogen-bond donors (Lipinski definition) is 3. The second kappa shape index (κ2) is 11.3. The van der Waals surface area contributed by atoms with E-state index in [0.29, 0.717) is 36.0 Å². The lowest BCUT2D eigenvalue weighted by Gasteiger charge is -2.43. The fourth-order valence-corrected chi connectivity index (χ4v) is 4.66. The molecule has 0 radical (unpaired) electrons. The molecule has 0 spiro atoms. The van der Waals surface area contributed by atoms with Crippen molar-refractivity contribution >= 4 is 29.8 Å². The molecule has 1 saturated heterocycles. The Hall–Kier alpha value is -2.66. The SMILES string of the molecule is COc1ccc(OC)c(CCC(N[C@@H](C)C(=O)N2CCSCC2(C)OC(=O)O)C(=O)O)c1. The molecule has 32 heavy (non-hydrogen) atoms. The molecular weight excluding hydrogens is 440 g/mol. The van der Waals surface area contributed by atoms with E-state index in [0.717, 1.165) is 5.56 Å². The highest BCUT2D eigenvalue weighted by Gasteiger charge is 2.43. The summed E-state index contributed by atoms with van der Waals surface area (Å²) in [5, 5.41) is 21.6. The molecule has 2 rings (SSSR count). The van der Waals surface area contributed by atoms with Crippen molar-refractivity contribution in [2.24, 2.45) is 0 Å². The summed E-state index contributed by atoms with van der Waals surface area (Å²) >= 11 is 1.49. The molecule has 0 aromatic heterocycles. The molecule has 11 heteroatoms. The average molecular weight is 471 g/mol. The van der Waals surface area contributed by atoms with Crippen LogP contribution in [0.2, 0.25) is 0 Å². The summed E-state index contributed by atoms with van der Waals surface area (Å²) in [6, 6.07) is 3.43. The zero-order valence-corrected chi connectivity index (χ0v) is 19.4. The van der Waals surface area contributed by atoms with Crippen LogP contribution in [0.1, 0.15) is 25.8 Å². The van der Waals surface area contributed by atoms with Crippen LogP contribution < -0.4 is 14.8 Å². The normalized spacial score (nSPS) is 20.2. The van der Waals surface area contributed by atoms with Crippen molar-refractivity contribution in [2.45, 2.75) is 44.5 Å². The Balaban J connectivity index is 2.09. The van der Waals surface area contributed by atoms with Crippen LogP contribution in [0.25, 0.3) is 0 Å². The van der Waals surface area contributed by atoms with Crippen LogP contribution in [0.3, 0.4) is 0 Å². The third-order valence-electron chi connectivity index (χ3n) is 5.28. The van der Waals surface area contributed by atoms with E-state index in [-0.39, 0.29) is 6.42 Å². The van der Waals surface area contributed by atoms with Crippen molar-refractivity contribution in [3.63, 3.8) is 0 Å². The first-order valence-corrected chi connectivity index (χ1v) is 11.3. The maximum atomic E-state index is 13.1. The van der Waals surface area contributed by atoms with Gasteiger partial charge in [0.1, 0.15) is 17.5 Å². The van der Waals surface area contributed by atoms with Gasteiger partial charge in [-0.25, -0.2) is 4.79 Å². The number of nitrogens with zero attached hydrogens (tertiary/aromatic N) is 1. The van der Waals surface area contributed by atoms with Gasteiger partial charge in [-0.05, 0) is 50.5 Å². The monoisotopic (exact) mass is 470 g/mol. The zero-order chi connectivity index (χ0) is 23.9. The summed E-state index contributed by atoms with van der Waals surface area (Å²) in [5.74, 6) is 0.672. The molecule has 0 saturated carbocycles. The minimum Gasteiger partial charge on any atom is -0.497 e. The van der Waals surface area contributed by atoms with Crippen molar-refractivity contribution in [2.75, 3.05) is 32.3 Å². The van der Waals surface area contributed by atoms with Gasteiger partial charge in [0, 0.05) is 12.3 Å². The zero-order valence-electron chi connectivity index (χ0n) is 18.6. The largest absolute Gasteiger partial charge is 0.507 e. The van der Waals surface area contributed by atoms with Gasteiger partial charge in [0.05, 0.1) is 26.0 Å². The highest BCUT2D eigenvalue weighted by Crippen LogP contribution is 2.29. The second-order valence-corrected chi connectivity index (χ2v) is 8.69. The Kier molecular flexibility index (Phi) is 9.02. The second-order valence-electron chi connectivity index (χ2n) is 7.58. The predicted octanol–water partition coefficient (Wildman–Crippen LogP) is 2.05. The number of carboxylic acid groups (broad SMARTS) is 2. The summed E-state index contributed by atoms with van der Waals surface area (Å²) in [4.78, 5) is 37.4. The fourth-order valence-electron chi connectivity index (χ4n) is 3.61. The van der Waals surface area contributed by atoms with Gasteiger partial charge in [0.15, 0.2) is 5.72 Å². The number of aryl methyl sites for hydroxylation is 1. The Bertz CT molecular complexity index is 836. The first-order chi connectivity index (χ1) is 15.1. The van der Waals surface area contributed by atoms with E-state index >= 15 is 0 Å². The summed E-state index contributed by atoms with van der Waals surface area (Å²) in [6.45, 7) is 3.41. The molecule has 3 N–H and O–H groups in total. The number of methoxy groups -OCH3 is 2. The number of thioether (sulfide) groups is 1. The number of rotatable bonds is 10. The lowest BCUT2D eigenvalue weighted by molar-refractivity contribution is -0.157. The van der Waals surface area contributed by atoms with Crippen molar-refractivity contribution in [1.29, 1.82) is 0 Å². The molecule has 1 heterocycles. The van der Waals surface area contributed by atoms with Crippen LogP contribution in [-0.2, 0) is 20.7 Å². The number of carboxylic acids is 1. The Morgan fingerprint density at radius 3 is 2.56 bits per heavy atom. The molecule has 1 aliphatic heterocycles. The van der Waals surface area contributed by atoms with Gasteiger partial charge in [-0.1, -0.05) is 0 Å². The lowest BCUT2D eigenvalue weighted by Crippen LogP contribution is -2.62. The molecule has 2 unspecified atom stereocenters. The maximum absolute atomic E-state index is 13.1. The van der Waals surface area contributed by atoms with Crippen LogP contribution >= 0.6 is 11.8 Å². The molecule has 1 aromatic carbocycles. The average Bonchev–Trinajstić information content (AvgIpc) is 2.74. The molecule has 10 nitrogen and oxygen atoms in total. The molecular formula is C21H30N2O8S. The van der Waals surface area contributed by atoms with Crippen molar-refractivity contribution in [3.05, 3.63) is 23.8 Å². The molecule has 0 bridgehead atoms. The first-order valence-electron chi connectivity index (χ1n) is 10.1. The number of carbonyl (C=O) groups is 3. The number of amides is 1. The van der Waals surface area contributed by atoms with Crippen molar-refractivity contribution in [1.82, 2.24) is 10.2 Å². The first kappa shape index (κ1) is 25.6. The molecule has 178 valence electrons. The number of hydrogen-bond acceptors (Lipinski definition) is 8. The van der Waals surface area contributed by atoms with E-state index < -0.39 is 35.8 Å². The minimum absolute atomic E-state index is 0.204. The highest BCUT2D eigenvalue weighted by molar-refractivity contribution is 7.99. The van der Waals surface area contributed by atoms with E-state index in [2.05, 4.69) is 5.32 Å². The molecule has 1 amide bonds. The Labute approximate surface area is 191 Å². The summed E-state index contributed by atoms with van der Waals surface area (Å²) in [6.07, 6.45) is -0.884. The van der Waals surface area contributed by atoms with E-state index in [9.17, 15) is 19.5 Å². The highest BCUT2D eigenvalue weighted by atomic mass is 32.2. The standard InChI is InChI=1S/C21H30N2O8S/c1-13(18(24)23-9-10-32-12-21(23,2)31-20(27)28)22-16(19(25)26)7-5-14-11-15(29-3)6-8-17(14)30-4/h6,8,11,13,16,22H,5,7,9-10,12H2,1-4H3,(H,25,26)(H,27,28)/t13-,16?,21?/m0/s1. The van der Waals surface area contributed by atoms with Crippen molar-refractivity contribution in [3.8, 4) is 11.5 Å². The van der Waals surface area contributed by atoms with Crippen LogP contribution in [0, 0.1) is 0 Å². The molecule has 1 fully saturated rings. The smallest absolute Gasteiger partial charge is 0.497 e. The number of aliphatic carboxylic acids is 1. The van der Waals surface area contributed by atoms with Gasteiger partial charge in [0.2, 0.25) is 5.91 Å². The molecule has 3 atom stereocenters. The summed E-state index contributed by atoms with van der Waals surface area (Å²) in [7, 11) is 3.08. The van der Waals surface area contributed by atoms with Gasteiger partial charge in [0.25, 0.3) is 0 Å². The van der Waals surface area contributed by atoms with Crippen LogP contribution in [0.15, 0.2) is 18.2 Å². The van der Waals surface area contributed by atoms with Crippen LogP contribution in [0.5, 0.6) is 11.5 Å². The molecule has 1 aliphatic rings. The van der Waals surface area contributed by atoms with Gasteiger partial charge in [-0.15, -0.1) is 0 Å². The molecule has 1 aromatic rings. The summed E-state index contributed by atoms with van der Waals surface area (Å²) < 4.78 is 15.6. The van der Waals surface area contributed by atoms with Crippen LogP contribution in [0.4, 0.5) is 4.79 Å². The van der Waals surface area contributed by atoms with Crippen molar-refractivity contribution < 1.29 is 38.8 Å². The number of benzene rings is 1. The quantitative estimate of drug-likeness (QED) is 0.436. The van der Waals surface area contributed by atoms with Gasteiger partial charge < -0.3 is 29.3 Å².